The van der Waals surface area contributed by atoms with Crippen LogP contribution in [-0.4, -0.2) is 46.9 Å². The van der Waals surface area contributed by atoms with Gasteiger partial charge in [0.25, 0.3) is 0 Å². The molecule has 0 unspecified atom stereocenters. The molecule has 1 rings (SSSR count). The summed E-state index contributed by atoms with van der Waals surface area (Å²) in [5, 5.41) is 39.5. The van der Waals surface area contributed by atoms with Crippen molar-refractivity contribution in [2.75, 3.05) is 26.4 Å². The van der Waals surface area contributed by atoms with E-state index in [4.69, 9.17) is 0 Å². The zero-order valence-corrected chi connectivity index (χ0v) is 17.6. The smallest absolute Gasteiger partial charge is 0.0436 e. The second-order valence-electron chi connectivity index (χ2n) is 8.84. The van der Waals surface area contributed by atoms with Gasteiger partial charge in [0.1, 0.15) is 0 Å². The Morgan fingerprint density at radius 3 is 0.815 bits per heavy atom. The van der Waals surface area contributed by atoms with Crippen molar-refractivity contribution < 1.29 is 20.4 Å². The summed E-state index contributed by atoms with van der Waals surface area (Å²) in [5.74, 6) is 0. The molecule has 0 aromatic carbocycles. The Labute approximate surface area is 167 Å². The maximum absolute atomic E-state index is 9.88. The van der Waals surface area contributed by atoms with Crippen molar-refractivity contribution >= 4 is 0 Å². The van der Waals surface area contributed by atoms with Crippen LogP contribution in [0.15, 0.2) is 0 Å². The summed E-state index contributed by atoms with van der Waals surface area (Å²) in [5.41, 5.74) is -0.385. The van der Waals surface area contributed by atoms with Crippen molar-refractivity contribution in [1.82, 2.24) is 0 Å². The molecule has 27 heavy (non-hydrogen) atoms. The zero-order valence-electron chi connectivity index (χ0n) is 17.6. The van der Waals surface area contributed by atoms with Gasteiger partial charge in [0.05, 0.1) is 0 Å². The highest BCUT2D eigenvalue weighted by atomic mass is 16.3. The third kappa shape index (κ3) is 8.00. The summed E-state index contributed by atoms with van der Waals surface area (Å²) in [6.45, 7) is 0.439. The molecular formula is C23H46O4. The molecule has 0 aliphatic heterocycles. The van der Waals surface area contributed by atoms with Crippen LogP contribution in [0, 0.1) is 10.8 Å². The average molecular weight is 387 g/mol. The van der Waals surface area contributed by atoms with Crippen LogP contribution < -0.4 is 0 Å². The second-order valence-corrected chi connectivity index (χ2v) is 8.84. The van der Waals surface area contributed by atoms with Crippen LogP contribution in [0.4, 0.5) is 0 Å². The SMILES string of the molecule is OCCC1(CCO)CCCCCCCCCCCCCC1(CCO)CCO. The Morgan fingerprint density at radius 1 is 0.370 bits per heavy atom. The number of aliphatic hydroxyl groups excluding tert-OH is 4. The Hall–Kier alpha value is -0.160. The fraction of sp³-hybridized carbons (Fsp3) is 1.00. The van der Waals surface area contributed by atoms with Crippen LogP contribution in [0.3, 0.4) is 0 Å². The van der Waals surface area contributed by atoms with Gasteiger partial charge in [-0.05, 0) is 49.4 Å². The Balaban J connectivity index is 3.10. The van der Waals surface area contributed by atoms with Gasteiger partial charge in [-0.2, -0.15) is 0 Å². The number of rotatable bonds is 8. The highest BCUT2D eigenvalue weighted by Gasteiger charge is 2.48. The highest BCUT2D eigenvalue weighted by Crippen LogP contribution is 2.56. The van der Waals surface area contributed by atoms with Crippen LogP contribution >= 0.6 is 0 Å². The first kappa shape index (κ1) is 24.9. The van der Waals surface area contributed by atoms with E-state index in [2.05, 4.69) is 0 Å². The number of hydrogen-bond acceptors (Lipinski definition) is 4. The van der Waals surface area contributed by atoms with E-state index in [1.165, 1.54) is 57.8 Å². The second kappa shape index (κ2) is 14.8. The number of aliphatic hydroxyl groups is 4. The minimum atomic E-state index is -0.192. The molecule has 0 radical (unpaired) electrons. The van der Waals surface area contributed by atoms with Gasteiger partial charge < -0.3 is 20.4 Å². The van der Waals surface area contributed by atoms with Crippen LogP contribution in [0.2, 0.25) is 0 Å². The van der Waals surface area contributed by atoms with E-state index in [9.17, 15) is 20.4 Å². The van der Waals surface area contributed by atoms with E-state index in [1.807, 2.05) is 0 Å². The molecule has 4 nitrogen and oxygen atoms in total. The quantitative estimate of drug-likeness (QED) is 0.492. The van der Waals surface area contributed by atoms with Crippen LogP contribution in [-0.2, 0) is 0 Å². The van der Waals surface area contributed by atoms with E-state index >= 15 is 0 Å². The van der Waals surface area contributed by atoms with E-state index in [0.717, 1.165) is 25.7 Å². The largest absolute Gasteiger partial charge is 0.396 e. The lowest BCUT2D eigenvalue weighted by molar-refractivity contribution is -0.0600. The molecule has 0 aromatic rings. The van der Waals surface area contributed by atoms with Crippen molar-refractivity contribution in [3.63, 3.8) is 0 Å². The van der Waals surface area contributed by atoms with E-state index in [0.29, 0.717) is 25.7 Å². The molecule has 0 heterocycles. The van der Waals surface area contributed by atoms with Crippen molar-refractivity contribution in [3.05, 3.63) is 0 Å². The fourth-order valence-electron chi connectivity index (χ4n) is 5.71. The predicted molar refractivity (Wildman–Crippen MR) is 112 cm³/mol. The molecule has 1 fully saturated rings. The first-order valence-corrected chi connectivity index (χ1v) is 11.6. The lowest BCUT2D eigenvalue weighted by Gasteiger charge is -2.52. The van der Waals surface area contributed by atoms with Gasteiger partial charge >= 0.3 is 0 Å². The standard InChI is InChI=1S/C23H46O4/c24-18-14-22(15-19-25)12-10-8-6-4-2-1-3-5-7-9-11-13-23(22,16-20-26)17-21-27/h24-27H,1-21H2. The molecule has 0 atom stereocenters. The van der Waals surface area contributed by atoms with E-state index in [-0.39, 0.29) is 37.3 Å². The predicted octanol–water partition coefficient (Wildman–Crippen LogP) is 4.57. The Morgan fingerprint density at radius 2 is 0.593 bits per heavy atom. The normalized spacial score (nSPS) is 22.7. The zero-order chi connectivity index (χ0) is 19.8. The molecule has 0 bridgehead atoms. The summed E-state index contributed by atoms with van der Waals surface area (Å²) in [4.78, 5) is 0. The third-order valence-electron chi connectivity index (χ3n) is 7.30. The van der Waals surface area contributed by atoms with Crippen LogP contribution in [0.25, 0.3) is 0 Å². The topological polar surface area (TPSA) is 80.9 Å². The maximum Gasteiger partial charge on any atom is 0.0436 e. The summed E-state index contributed by atoms with van der Waals surface area (Å²) in [7, 11) is 0. The molecule has 162 valence electrons. The minimum Gasteiger partial charge on any atom is -0.396 e. The monoisotopic (exact) mass is 386 g/mol. The molecule has 0 spiro atoms. The van der Waals surface area contributed by atoms with Gasteiger partial charge in [0.15, 0.2) is 0 Å². The summed E-state index contributed by atoms with van der Waals surface area (Å²) >= 11 is 0. The molecule has 4 N–H and O–H groups in total. The van der Waals surface area contributed by atoms with Crippen LogP contribution in [0.1, 0.15) is 109 Å². The maximum atomic E-state index is 9.88. The van der Waals surface area contributed by atoms with Gasteiger partial charge in [-0.3, -0.25) is 0 Å². The average Bonchev–Trinajstić information content (AvgIpc) is 2.65. The lowest BCUT2D eigenvalue weighted by atomic mass is 9.53. The number of hydrogen-bond donors (Lipinski definition) is 4. The van der Waals surface area contributed by atoms with E-state index < -0.39 is 0 Å². The molecule has 0 aromatic heterocycles. The fourth-order valence-corrected chi connectivity index (χ4v) is 5.71. The minimum absolute atomic E-state index is 0.110. The summed E-state index contributed by atoms with van der Waals surface area (Å²) < 4.78 is 0. The molecule has 1 aliphatic rings. The lowest BCUT2D eigenvalue weighted by Crippen LogP contribution is -2.45. The Bertz CT molecular complexity index is 301. The summed E-state index contributed by atoms with van der Waals surface area (Å²) in [6, 6.07) is 0. The summed E-state index contributed by atoms with van der Waals surface area (Å²) in [6.07, 6.45) is 18.4. The first-order valence-electron chi connectivity index (χ1n) is 11.6. The van der Waals surface area contributed by atoms with Gasteiger partial charge in [0, 0.05) is 26.4 Å². The third-order valence-corrected chi connectivity index (χ3v) is 7.30. The first-order chi connectivity index (χ1) is 13.2. The van der Waals surface area contributed by atoms with Crippen molar-refractivity contribution in [2.24, 2.45) is 10.8 Å². The van der Waals surface area contributed by atoms with E-state index in [1.54, 1.807) is 0 Å². The van der Waals surface area contributed by atoms with Crippen LogP contribution in [0.5, 0.6) is 0 Å². The van der Waals surface area contributed by atoms with Crippen molar-refractivity contribution in [2.45, 2.75) is 109 Å². The molecular weight excluding hydrogens is 340 g/mol. The molecule has 4 heteroatoms. The van der Waals surface area contributed by atoms with Crippen molar-refractivity contribution in [1.29, 1.82) is 0 Å². The molecule has 1 saturated carbocycles. The highest BCUT2D eigenvalue weighted by molar-refractivity contribution is 4.98. The Kier molecular flexibility index (Phi) is 13.6. The van der Waals surface area contributed by atoms with Crippen molar-refractivity contribution in [3.8, 4) is 0 Å². The van der Waals surface area contributed by atoms with Gasteiger partial charge in [-0.1, -0.05) is 70.6 Å². The van der Waals surface area contributed by atoms with Gasteiger partial charge in [-0.15, -0.1) is 0 Å². The van der Waals surface area contributed by atoms with Gasteiger partial charge in [0.2, 0.25) is 0 Å². The van der Waals surface area contributed by atoms with Gasteiger partial charge in [-0.25, -0.2) is 0 Å². The molecule has 1 aliphatic carbocycles. The molecule has 0 saturated heterocycles. The molecule has 0 amide bonds.